The molecule has 0 radical (unpaired) electrons. The molecule has 88 valence electrons. The molecule has 1 aliphatic heterocycles. The molecule has 0 spiro atoms. The van der Waals surface area contributed by atoms with Crippen LogP contribution >= 0.6 is 0 Å². The summed E-state index contributed by atoms with van der Waals surface area (Å²) in [6, 6.07) is 4.00. The van der Waals surface area contributed by atoms with Crippen LogP contribution in [0, 0.1) is 5.92 Å². The monoisotopic (exact) mass is 220 g/mol. The predicted molar refractivity (Wildman–Crippen MR) is 64.0 cm³/mol. The third-order valence-corrected chi connectivity index (χ3v) is 3.53. The number of pyridine rings is 1. The minimum Gasteiger partial charge on any atom is -0.387 e. The molecule has 3 unspecified atom stereocenters. The average Bonchev–Trinajstić information content (AvgIpc) is 2.39. The van der Waals surface area contributed by atoms with Gasteiger partial charge in [-0.05, 0) is 31.4 Å². The smallest absolute Gasteiger partial charge is 0.0957 e. The van der Waals surface area contributed by atoms with Gasteiger partial charge in [-0.25, -0.2) is 0 Å². The molecule has 0 aliphatic carbocycles. The SMILES string of the molecule is CCC1CCNC(C(O)c2cccnc2)C1. The summed E-state index contributed by atoms with van der Waals surface area (Å²) in [5.41, 5.74) is 0.914. The zero-order valence-electron chi connectivity index (χ0n) is 9.76. The summed E-state index contributed by atoms with van der Waals surface area (Å²) >= 11 is 0. The number of aromatic nitrogens is 1. The van der Waals surface area contributed by atoms with Crippen molar-refractivity contribution in [3.63, 3.8) is 0 Å². The van der Waals surface area contributed by atoms with Crippen LogP contribution in [-0.4, -0.2) is 22.7 Å². The van der Waals surface area contributed by atoms with E-state index in [4.69, 9.17) is 0 Å². The Balaban J connectivity index is 2.01. The van der Waals surface area contributed by atoms with E-state index in [-0.39, 0.29) is 6.04 Å². The van der Waals surface area contributed by atoms with Gasteiger partial charge in [-0.1, -0.05) is 19.4 Å². The van der Waals surface area contributed by atoms with Gasteiger partial charge in [-0.3, -0.25) is 4.98 Å². The van der Waals surface area contributed by atoms with E-state index < -0.39 is 6.10 Å². The Kier molecular flexibility index (Phi) is 3.91. The van der Waals surface area contributed by atoms with Crippen molar-refractivity contribution >= 4 is 0 Å². The molecule has 2 N–H and O–H groups in total. The molecule has 2 rings (SSSR count). The van der Waals surface area contributed by atoms with Crippen molar-refractivity contribution in [2.24, 2.45) is 5.92 Å². The van der Waals surface area contributed by atoms with Crippen LogP contribution in [0.2, 0.25) is 0 Å². The van der Waals surface area contributed by atoms with E-state index in [0.717, 1.165) is 24.4 Å². The van der Waals surface area contributed by atoms with Gasteiger partial charge in [0.2, 0.25) is 0 Å². The van der Waals surface area contributed by atoms with Gasteiger partial charge < -0.3 is 10.4 Å². The van der Waals surface area contributed by atoms with Crippen LogP contribution in [0.4, 0.5) is 0 Å². The highest BCUT2D eigenvalue weighted by atomic mass is 16.3. The number of hydrogen-bond acceptors (Lipinski definition) is 3. The Morgan fingerprint density at radius 3 is 3.19 bits per heavy atom. The molecule has 3 nitrogen and oxygen atoms in total. The average molecular weight is 220 g/mol. The topological polar surface area (TPSA) is 45.1 Å². The fraction of sp³-hybridized carbons (Fsp3) is 0.615. The lowest BCUT2D eigenvalue weighted by Gasteiger charge is -2.32. The second-order valence-corrected chi connectivity index (χ2v) is 4.59. The highest BCUT2D eigenvalue weighted by Gasteiger charge is 2.26. The fourth-order valence-electron chi connectivity index (χ4n) is 2.43. The molecule has 1 aromatic heterocycles. The number of hydrogen-bond donors (Lipinski definition) is 2. The molecular formula is C13H20N2O. The maximum Gasteiger partial charge on any atom is 0.0957 e. The summed E-state index contributed by atoms with van der Waals surface area (Å²) in [6.07, 6.45) is 6.56. The van der Waals surface area contributed by atoms with Gasteiger partial charge in [-0.2, -0.15) is 0 Å². The van der Waals surface area contributed by atoms with E-state index in [0.29, 0.717) is 0 Å². The van der Waals surface area contributed by atoms with E-state index in [1.54, 1.807) is 12.4 Å². The lowest BCUT2D eigenvalue weighted by molar-refractivity contribution is 0.0976. The lowest BCUT2D eigenvalue weighted by Crippen LogP contribution is -2.42. The van der Waals surface area contributed by atoms with Crippen molar-refractivity contribution < 1.29 is 5.11 Å². The number of nitrogens with zero attached hydrogens (tertiary/aromatic N) is 1. The minimum absolute atomic E-state index is 0.183. The third-order valence-electron chi connectivity index (χ3n) is 3.53. The molecule has 2 heterocycles. The molecule has 0 saturated carbocycles. The third kappa shape index (κ3) is 2.60. The Bertz CT molecular complexity index is 315. The van der Waals surface area contributed by atoms with Gasteiger partial charge in [0.25, 0.3) is 0 Å². The Morgan fingerprint density at radius 2 is 2.50 bits per heavy atom. The Labute approximate surface area is 96.9 Å². The van der Waals surface area contributed by atoms with Crippen molar-refractivity contribution in [1.29, 1.82) is 0 Å². The second kappa shape index (κ2) is 5.41. The molecule has 0 amide bonds. The number of aliphatic hydroxyl groups excluding tert-OH is 1. The maximum atomic E-state index is 10.3. The van der Waals surface area contributed by atoms with Crippen molar-refractivity contribution in [2.75, 3.05) is 6.54 Å². The van der Waals surface area contributed by atoms with E-state index in [1.165, 1.54) is 12.8 Å². The van der Waals surface area contributed by atoms with Gasteiger partial charge >= 0.3 is 0 Å². The minimum atomic E-state index is -0.428. The molecule has 3 heteroatoms. The largest absolute Gasteiger partial charge is 0.387 e. The van der Waals surface area contributed by atoms with Crippen molar-refractivity contribution in [2.45, 2.75) is 38.3 Å². The zero-order chi connectivity index (χ0) is 11.4. The first kappa shape index (κ1) is 11.6. The van der Waals surface area contributed by atoms with Crippen LogP contribution in [0.3, 0.4) is 0 Å². The van der Waals surface area contributed by atoms with Gasteiger partial charge in [0.05, 0.1) is 6.10 Å². The van der Waals surface area contributed by atoms with Crippen LogP contribution in [-0.2, 0) is 0 Å². The molecule has 1 saturated heterocycles. The molecule has 16 heavy (non-hydrogen) atoms. The number of piperidine rings is 1. The number of aliphatic hydroxyl groups is 1. The van der Waals surface area contributed by atoms with Crippen molar-refractivity contribution in [3.05, 3.63) is 30.1 Å². The number of rotatable bonds is 3. The zero-order valence-corrected chi connectivity index (χ0v) is 9.76. The van der Waals surface area contributed by atoms with Crippen molar-refractivity contribution in [1.82, 2.24) is 10.3 Å². The first-order chi connectivity index (χ1) is 7.81. The van der Waals surface area contributed by atoms with Crippen molar-refractivity contribution in [3.8, 4) is 0 Å². The van der Waals surface area contributed by atoms with Crippen LogP contribution in [0.5, 0.6) is 0 Å². The highest BCUT2D eigenvalue weighted by molar-refractivity contribution is 5.14. The van der Waals surface area contributed by atoms with Gasteiger partial charge in [0, 0.05) is 24.0 Å². The molecular weight excluding hydrogens is 200 g/mol. The van der Waals surface area contributed by atoms with Crippen LogP contribution in [0.15, 0.2) is 24.5 Å². The van der Waals surface area contributed by atoms with E-state index in [9.17, 15) is 5.11 Å². The summed E-state index contributed by atoms with van der Waals surface area (Å²) in [5, 5.41) is 13.7. The Hall–Kier alpha value is -0.930. The van der Waals surface area contributed by atoms with E-state index in [2.05, 4.69) is 17.2 Å². The summed E-state index contributed by atoms with van der Waals surface area (Å²) in [5.74, 6) is 0.748. The van der Waals surface area contributed by atoms with Crippen LogP contribution in [0.25, 0.3) is 0 Å². The lowest BCUT2D eigenvalue weighted by atomic mass is 9.86. The normalized spacial score (nSPS) is 27.6. The highest BCUT2D eigenvalue weighted by Crippen LogP contribution is 2.27. The quantitative estimate of drug-likeness (QED) is 0.817. The second-order valence-electron chi connectivity index (χ2n) is 4.59. The standard InChI is InChI=1S/C13H20N2O/c1-2-10-5-7-15-12(8-10)13(16)11-4-3-6-14-9-11/h3-4,6,9-10,12-13,15-16H,2,5,7-8H2,1H3. The van der Waals surface area contributed by atoms with Crippen LogP contribution < -0.4 is 5.32 Å². The Morgan fingerprint density at radius 1 is 1.62 bits per heavy atom. The summed E-state index contributed by atoms with van der Waals surface area (Å²) < 4.78 is 0. The first-order valence-corrected chi connectivity index (χ1v) is 6.12. The fourth-order valence-corrected chi connectivity index (χ4v) is 2.43. The van der Waals surface area contributed by atoms with E-state index >= 15 is 0 Å². The molecule has 1 aliphatic rings. The van der Waals surface area contributed by atoms with Gasteiger partial charge in [-0.15, -0.1) is 0 Å². The first-order valence-electron chi connectivity index (χ1n) is 6.12. The summed E-state index contributed by atoms with van der Waals surface area (Å²) in [4.78, 5) is 4.05. The van der Waals surface area contributed by atoms with E-state index in [1.807, 2.05) is 12.1 Å². The molecule has 0 aromatic carbocycles. The summed E-state index contributed by atoms with van der Waals surface area (Å²) in [7, 11) is 0. The molecule has 3 atom stereocenters. The molecule has 1 aromatic rings. The number of nitrogens with one attached hydrogen (secondary N) is 1. The van der Waals surface area contributed by atoms with Crippen LogP contribution in [0.1, 0.15) is 37.9 Å². The van der Waals surface area contributed by atoms with Gasteiger partial charge in [0.1, 0.15) is 0 Å². The maximum absolute atomic E-state index is 10.3. The molecule has 1 fully saturated rings. The van der Waals surface area contributed by atoms with Gasteiger partial charge in [0.15, 0.2) is 0 Å². The molecule has 0 bridgehead atoms. The summed E-state index contributed by atoms with van der Waals surface area (Å²) in [6.45, 7) is 3.24. The predicted octanol–water partition coefficient (Wildman–Crippen LogP) is 1.89.